The molecule has 0 amide bonds. The molecule has 1 aromatic heterocycles. The summed E-state index contributed by atoms with van der Waals surface area (Å²) in [7, 11) is -3.86. The Bertz CT molecular complexity index is 801. The van der Waals surface area contributed by atoms with E-state index < -0.39 is 21.1 Å². The SMILES string of the molecule is Cc1ccc(S(=O)(=O)C(CCCCCCc2ccncc2)C(=O)O)cc1. The minimum Gasteiger partial charge on any atom is -0.480 e. The third-order valence-electron chi connectivity index (χ3n) is 4.43. The molecule has 1 aromatic carbocycles. The fourth-order valence-electron chi connectivity index (χ4n) is 2.87. The highest BCUT2D eigenvalue weighted by Crippen LogP contribution is 2.22. The van der Waals surface area contributed by atoms with E-state index in [1.165, 1.54) is 17.7 Å². The van der Waals surface area contributed by atoms with Crippen molar-refractivity contribution in [3.05, 3.63) is 59.9 Å². The summed E-state index contributed by atoms with van der Waals surface area (Å²) >= 11 is 0. The highest BCUT2D eigenvalue weighted by molar-refractivity contribution is 7.92. The first-order chi connectivity index (χ1) is 12.4. The summed E-state index contributed by atoms with van der Waals surface area (Å²) in [5.41, 5.74) is 2.16. The Balaban J connectivity index is 1.84. The maximum Gasteiger partial charge on any atom is 0.322 e. The normalized spacial score (nSPS) is 12.7. The quantitative estimate of drug-likeness (QED) is 0.638. The van der Waals surface area contributed by atoms with Gasteiger partial charge in [0.25, 0.3) is 0 Å². The van der Waals surface area contributed by atoms with Gasteiger partial charge < -0.3 is 5.11 Å². The Morgan fingerprint density at radius 1 is 1.00 bits per heavy atom. The van der Waals surface area contributed by atoms with Crippen molar-refractivity contribution in [2.24, 2.45) is 0 Å². The van der Waals surface area contributed by atoms with Gasteiger partial charge in [0.15, 0.2) is 15.1 Å². The smallest absolute Gasteiger partial charge is 0.322 e. The second kappa shape index (κ2) is 9.48. The van der Waals surface area contributed by atoms with Crippen LogP contribution in [0.25, 0.3) is 0 Å². The molecule has 0 saturated heterocycles. The van der Waals surface area contributed by atoms with Gasteiger partial charge in [0.2, 0.25) is 0 Å². The fraction of sp³-hybridized carbons (Fsp3) is 0.400. The van der Waals surface area contributed by atoms with E-state index in [2.05, 4.69) is 4.98 Å². The van der Waals surface area contributed by atoms with Crippen LogP contribution in [0.5, 0.6) is 0 Å². The summed E-state index contributed by atoms with van der Waals surface area (Å²) in [4.78, 5) is 15.6. The molecule has 1 atom stereocenters. The van der Waals surface area contributed by atoms with Crippen molar-refractivity contribution >= 4 is 15.8 Å². The number of aryl methyl sites for hydroxylation is 2. The number of carboxylic acid groups (broad SMARTS) is 1. The lowest BCUT2D eigenvalue weighted by Gasteiger charge is -2.14. The third kappa shape index (κ3) is 5.66. The maximum absolute atomic E-state index is 12.6. The minimum absolute atomic E-state index is 0.0770. The molecule has 1 heterocycles. The van der Waals surface area contributed by atoms with E-state index in [4.69, 9.17) is 0 Å². The molecule has 0 fully saturated rings. The lowest BCUT2D eigenvalue weighted by atomic mass is 10.1. The van der Waals surface area contributed by atoms with E-state index in [0.717, 1.165) is 31.2 Å². The van der Waals surface area contributed by atoms with Crippen molar-refractivity contribution in [1.82, 2.24) is 4.98 Å². The number of carboxylic acids is 1. The zero-order chi connectivity index (χ0) is 19.0. The molecule has 0 aliphatic heterocycles. The number of aliphatic carboxylic acids is 1. The second-order valence-corrected chi connectivity index (χ2v) is 8.62. The molecule has 0 spiro atoms. The van der Waals surface area contributed by atoms with Gasteiger partial charge in [-0.15, -0.1) is 0 Å². The number of hydrogen-bond donors (Lipinski definition) is 1. The van der Waals surface area contributed by atoms with Crippen LogP contribution in [0.2, 0.25) is 0 Å². The fourth-order valence-corrected chi connectivity index (χ4v) is 4.45. The molecule has 140 valence electrons. The van der Waals surface area contributed by atoms with Crippen LogP contribution in [0.1, 0.15) is 43.2 Å². The van der Waals surface area contributed by atoms with Crippen LogP contribution in [-0.2, 0) is 21.1 Å². The summed E-state index contributed by atoms with van der Waals surface area (Å²) in [6.07, 6.45) is 7.96. The van der Waals surface area contributed by atoms with Gasteiger partial charge in [0.05, 0.1) is 4.90 Å². The van der Waals surface area contributed by atoms with E-state index in [0.29, 0.717) is 6.42 Å². The van der Waals surface area contributed by atoms with Gasteiger partial charge in [0, 0.05) is 12.4 Å². The van der Waals surface area contributed by atoms with E-state index in [1.807, 2.05) is 19.1 Å². The molecule has 2 rings (SSSR count). The van der Waals surface area contributed by atoms with E-state index in [1.54, 1.807) is 24.5 Å². The van der Waals surface area contributed by atoms with Crippen LogP contribution in [0.4, 0.5) is 0 Å². The first kappa shape index (κ1) is 20.1. The van der Waals surface area contributed by atoms with Crippen molar-refractivity contribution in [1.29, 1.82) is 0 Å². The molecule has 0 radical (unpaired) electrons. The summed E-state index contributed by atoms with van der Waals surface area (Å²) in [5, 5.41) is 8.01. The topological polar surface area (TPSA) is 84.3 Å². The van der Waals surface area contributed by atoms with Crippen LogP contribution >= 0.6 is 0 Å². The maximum atomic E-state index is 12.6. The molecule has 1 unspecified atom stereocenters. The number of hydrogen-bond acceptors (Lipinski definition) is 4. The number of nitrogens with zero attached hydrogens (tertiary/aromatic N) is 1. The monoisotopic (exact) mass is 375 g/mol. The molecule has 5 nitrogen and oxygen atoms in total. The van der Waals surface area contributed by atoms with Crippen molar-refractivity contribution < 1.29 is 18.3 Å². The molecule has 0 aliphatic carbocycles. The van der Waals surface area contributed by atoms with Gasteiger partial charge in [-0.1, -0.05) is 37.0 Å². The van der Waals surface area contributed by atoms with E-state index in [9.17, 15) is 18.3 Å². The molecule has 2 aromatic rings. The molecule has 0 aliphatic rings. The summed E-state index contributed by atoms with van der Waals surface area (Å²) in [5.74, 6) is -1.28. The Morgan fingerprint density at radius 2 is 1.62 bits per heavy atom. The number of pyridine rings is 1. The number of aromatic nitrogens is 1. The van der Waals surface area contributed by atoms with Gasteiger partial charge in [-0.05, 0) is 56.0 Å². The molecule has 0 bridgehead atoms. The number of rotatable bonds is 10. The highest BCUT2D eigenvalue weighted by atomic mass is 32.2. The number of sulfone groups is 1. The number of carbonyl (C=O) groups is 1. The third-order valence-corrected chi connectivity index (χ3v) is 6.55. The molecular weight excluding hydrogens is 350 g/mol. The number of benzene rings is 1. The average Bonchev–Trinajstić information content (AvgIpc) is 2.61. The predicted molar refractivity (Wildman–Crippen MR) is 101 cm³/mol. The van der Waals surface area contributed by atoms with Crippen LogP contribution in [0.15, 0.2) is 53.7 Å². The van der Waals surface area contributed by atoms with Gasteiger partial charge in [-0.2, -0.15) is 0 Å². The summed E-state index contributed by atoms with van der Waals surface area (Å²) < 4.78 is 25.2. The lowest BCUT2D eigenvalue weighted by molar-refractivity contribution is -0.136. The zero-order valence-electron chi connectivity index (χ0n) is 15.0. The van der Waals surface area contributed by atoms with Crippen molar-refractivity contribution in [3.8, 4) is 0 Å². The van der Waals surface area contributed by atoms with Crippen molar-refractivity contribution in [3.63, 3.8) is 0 Å². The summed E-state index contributed by atoms with van der Waals surface area (Å²) in [6.45, 7) is 1.86. The van der Waals surface area contributed by atoms with Crippen molar-refractivity contribution in [2.45, 2.75) is 55.6 Å². The first-order valence-corrected chi connectivity index (χ1v) is 10.4. The van der Waals surface area contributed by atoms with Gasteiger partial charge in [-0.25, -0.2) is 8.42 Å². The van der Waals surface area contributed by atoms with Crippen LogP contribution in [0, 0.1) is 6.92 Å². The second-order valence-electron chi connectivity index (χ2n) is 6.49. The van der Waals surface area contributed by atoms with E-state index in [-0.39, 0.29) is 11.3 Å². The molecule has 0 saturated carbocycles. The van der Waals surface area contributed by atoms with Gasteiger partial charge >= 0.3 is 5.97 Å². The van der Waals surface area contributed by atoms with Crippen molar-refractivity contribution in [2.75, 3.05) is 0 Å². The summed E-state index contributed by atoms with van der Waals surface area (Å²) in [6, 6.07) is 10.3. The van der Waals surface area contributed by atoms with Crippen LogP contribution in [-0.4, -0.2) is 29.7 Å². The lowest BCUT2D eigenvalue weighted by Crippen LogP contribution is -2.30. The van der Waals surface area contributed by atoms with E-state index >= 15 is 0 Å². The molecule has 26 heavy (non-hydrogen) atoms. The Morgan fingerprint density at radius 3 is 2.23 bits per heavy atom. The van der Waals surface area contributed by atoms with Gasteiger partial charge in [0.1, 0.15) is 0 Å². The Labute approximate surface area is 155 Å². The zero-order valence-corrected chi connectivity index (χ0v) is 15.8. The highest BCUT2D eigenvalue weighted by Gasteiger charge is 2.33. The van der Waals surface area contributed by atoms with Crippen LogP contribution in [0.3, 0.4) is 0 Å². The average molecular weight is 375 g/mol. The Hall–Kier alpha value is -2.21. The Kier molecular flexibility index (Phi) is 7.33. The van der Waals surface area contributed by atoms with Gasteiger partial charge in [-0.3, -0.25) is 9.78 Å². The molecule has 6 heteroatoms. The van der Waals surface area contributed by atoms with Crippen LogP contribution < -0.4 is 0 Å². The first-order valence-electron chi connectivity index (χ1n) is 8.83. The largest absolute Gasteiger partial charge is 0.480 e. The molecular formula is C20H25NO4S. The number of unbranched alkanes of at least 4 members (excludes halogenated alkanes) is 3. The minimum atomic E-state index is -3.86. The standard InChI is InChI=1S/C20H25NO4S/c1-16-8-10-18(11-9-16)26(24,25)19(20(22)23)7-5-3-2-4-6-17-12-14-21-15-13-17/h8-15,19H,2-7H2,1H3,(H,22,23). The molecule has 1 N–H and O–H groups in total. The predicted octanol–water partition coefficient (Wildman–Crippen LogP) is 3.81.